The molecule has 1 amide bonds. The van der Waals surface area contributed by atoms with Crippen molar-refractivity contribution < 1.29 is 39.6 Å². The van der Waals surface area contributed by atoms with Crippen molar-refractivity contribution in [2.75, 3.05) is 13.1 Å². The number of fused-ring (bicyclic) bond motifs is 2. The third-order valence-electron chi connectivity index (χ3n) is 5.09. The molecule has 0 saturated heterocycles. The van der Waals surface area contributed by atoms with Gasteiger partial charge in [0.1, 0.15) is 0 Å². The third kappa shape index (κ3) is 9.40. The minimum atomic E-state index is -6.30. The molecule has 5 nitrogen and oxygen atoms in total. The number of rotatable bonds is 4. The van der Waals surface area contributed by atoms with E-state index in [-0.39, 0.29) is 4.72 Å². The average Bonchev–Trinajstić information content (AvgIpc) is 2.86. The van der Waals surface area contributed by atoms with Gasteiger partial charge in [0.25, 0.3) is 0 Å². The highest BCUT2D eigenvalue weighted by Gasteiger charge is 2.51. The lowest BCUT2D eigenvalue weighted by Crippen LogP contribution is -2.46. The molecular formula is C26H26F6N2O3S. The van der Waals surface area contributed by atoms with E-state index in [9.17, 15) is 39.6 Å². The molecule has 0 saturated carbocycles. The van der Waals surface area contributed by atoms with Gasteiger partial charge in [-0.2, -0.15) is 34.8 Å². The van der Waals surface area contributed by atoms with E-state index in [0.717, 1.165) is 6.54 Å². The van der Waals surface area contributed by atoms with E-state index in [1.807, 2.05) is 0 Å². The molecule has 38 heavy (non-hydrogen) atoms. The molecule has 0 radical (unpaired) electrons. The maximum Gasteiger partial charge on any atom is 0.516 e. The fourth-order valence-corrected chi connectivity index (χ4v) is 3.63. The molecule has 0 fully saturated rings. The lowest BCUT2D eigenvalue weighted by atomic mass is 10.0. The predicted molar refractivity (Wildman–Crippen MR) is 135 cm³/mol. The van der Waals surface area contributed by atoms with E-state index in [1.54, 1.807) is 0 Å². The van der Waals surface area contributed by atoms with E-state index in [2.05, 4.69) is 96.9 Å². The molecule has 3 aromatic rings. The second-order valence-electron chi connectivity index (χ2n) is 8.04. The lowest BCUT2D eigenvalue weighted by Gasteiger charge is -2.19. The van der Waals surface area contributed by atoms with Crippen LogP contribution in [0.2, 0.25) is 0 Å². The fraction of sp³-hybridized carbons (Fsp3) is 0.269. The number of hydrogen-bond donors (Lipinski definition) is 1. The first-order chi connectivity index (χ1) is 17.7. The maximum atomic E-state index is 11.4. The highest BCUT2D eigenvalue weighted by atomic mass is 32.2. The molecule has 0 aromatic heterocycles. The largest absolute Gasteiger partial charge is 0.516 e. The van der Waals surface area contributed by atoms with Gasteiger partial charge in [0, 0.05) is 13.1 Å². The van der Waals surface area contributed by atoms with Crippen LogP contribution in [0.1, 0.15) is 19.8 Å². The Labute approximate surface area is 216 Å². The molecule has 0 unspecified atom stereocenters. The second kappa shape index (κ2) is 13.3. The van der Waals surface area contributed by atoms with E-state index < -0.39 is 27.6 Å². The van der Waals surface area contributed by atoms with E-state index in [0.29, 0.717) is 0 Å². The minimum Gasteiger partial charge on any atom is -0.374 e. The number of nitrogens with zero attached hydrogens (tertiary/aromatic N) is 1. The summed E-state index contributed by atoms with van der Waals surface area (Å²) in [5, 5.41) is 5.25. The highest BCUT2D eigenvalue weighted by Crippen LogP contribution is 2.24. The van der Waals surface area contributed by atoms with Gasteiger partial charge >= 0.3 is 27.6 Å². The number of unbranched alkanes of at least 4 members (excludes halogenated alkanes) is 1. The molecule has 0 atom stereocenters. The summed E-state index contributed by atoms with van der Waals surface area (Å²) in [5.41, 5.74) is -5.96. The number of alkyl halides is 6. The van der Waals surface area contributed by atoms with E-state index in [1.165, 1.54) is 40.9 Å². The van der Waals surface area contributed by atoms with Crippen LogP contribution in [0.15, 0.2) is 85.1 Å². The quantitative estimate of drug-likeness (QED) is 0.286. The van der Waals surface area contributed by atoms with E-state index >= 15 is 0 Å². The van der Waals surface area contributed by atoms with Crippen molar-refractivity contribution in [2.45, 2.75) is 31.5 Å². The fourth-order valence-electron chi connectivity index (χ4n) is 3.15. The molecule has 0 bridgehead atoms. The maximum absolute atomic E-state index is 11.4. The summed E-state index contributed by atoms with van der Waals surface area (Å²) in [4.78, 5) is 12.1. The number of benzene rings is 3. The van der Waals surface area contributed by atoms with Crippen molar-refractivity contribution in [3.05, 3.63) is 85.1 Å². The summed E-state index contributed by atoms with van der Waals surface area (Å²) in [5.74, 6) is -3.20. The van der Waals surface area contributed by atoms with E-state index in [4.69, 9.17) is 0 Å². The summed E-state index contributed by atoms with van der Waals surface area (Å²) in [6.07, 6.45) is 5.44. The number of allylic oxidation sites excluding steroid dienone is 2. The van der Waals surface area contributed by atoms with Crippen LogP contribution in [-0.2, 0) is 14.8 Å². The topological polar surface area (TPSA) is 66.5 Å². The van der Waals surface area contributed by atoms with Gasteiger partial charge < -0.3 is 4.90 Å². The molecular weight excluding hydrogens is 534 g/mol. The Morgan fingerprint density at radius 2 is 1.34 bits per heavy atom. The number of carbonyl (C=O) groups is 1. The SMILES string of the molecule is CCCCN1C=CC=CC1.O=C(NS(=O)(=O)C(F)(F)F)C(F)(F)F.c1ccc2cc3ccccc3cc2c1. The molecule has 4 rings (SSSR count). The zero-order valence-electron chi connectivity index (χ0n) is 20.3. The highest BCUT2D eigenvalue weighted by molar-refractivity contribution is 7.90. The van der Waals surface area contributed by atoms with Gasteiger partial charge in [0.2, 0.25) is 0 Å². The number of amides is 1. The van der Waals surface area contributed by atoms with Crippen LogP contribution in [0.5, 0.6) is 0 Å². The number of halogens is 6. The van der Waals surface area contributed by atoms with Crippen LogP contribution < -0.4 is 4.72 Å². The summed E-state index contributed by atoms with van der Waals surface area (Å²) in [6.45, 7) is 4.53. The minimum absolute atomic E-state index is 0.181. The van der Waals surface area contributed by atoms with Crippen LogP contribution >= 0.6 is 0 Å². The van der Waals surface area contributed by atoms with Crippen molar-refractivity contribution in [2.24, 2.45) is 0 Å². The zero-order valence-corrected chi connectivity index (χ0v) is 21.1. The molecule has 3 aromatic carbocycles. The monoisotopic (exact) mass is 560 g/mol. The Hall–Kier alpha value is -3.54. The van der Waals surface area contributed by atoms with Crippen molar-refractivity contribution in [3.8, 4) is 0 Å². The van der Waals surface area contributed by atoms with Gasteiger partial charge in [-0.25, -0.2) is 4.72 Å². The normalized spacial score (nSPS) is 13.4. The number of carbonyl (C=O) groups excluding carboxylic acids is 1. The zero-order chi connectivity index (χ0) is 28.4. The van der Waals surface area contributed by atoms with Gasteiger partial charge in [-0.1, -0.05) is 74.0 Å². The Morgan fingerprint density at radius 3 is 1.68 bits per heavy atom. The van der Waals surface area contributed by atoms with Gasteiger partial charge in [0.15, 0.2) is 0 Å². The van der Waals surface area contributed by atoms with Gasteiger partial charge in [-0.3, -0.25) is 4.79 Å². The Kier molecular flexibility index (Phi) is 10.7. The second-order valence-corrected chi connectivity index (χ2v) is 9.72. The number of sulfonamides is 1. The Morgan fingerprint density at radius 1 is 0.868 bits per heavy atom. The number of hydrogen-bond acceptors (Lipinski definition) is 4. The predicted octanol–water partition coefficient (Wildman–Crippen LogP) is 6.68. The summed E-state index contributed by atoms with van der Waals surface area (Å²) >= 11 is 0. The lowest BCUT2D eigenvalue weighted by molar-refractivity contribution is -0.171. The summed E-state index contributed by atoms with van der Waals surface area (Å²) < 4.78 is 87.9. The van der Waals surface area contributed by atoms with Crippen LogP contribution in [-0.4, -0.2) is 44.0 Å². The average molecular weight is 561 g/mol. The molecule has 1 heterocycles. The standard InChI is InChI=1S/C14H10.C9H15N.C3HF6NO3S/c1-2-6-12-10-14-8-4-3-7-13(14)9-11(12)5-1;1-2-3-7-10-8-5-4-6-9-10;4-2(5,6)1(11)10-14(12,13)3(7,8)9/h1-10H;4-6,8H,2-3,7,9H2,1H3;(H,10,11). The molecule has 1 aliphatic heterocycles. The summed E-state index contributed by atoms with van der Waals surface area (Å²) in [6, 6.07) is 21.4. The Balaban J connectivity index is 0.000000204. The Bertz CT molecular complexity index is 1280. The molecule has 1 aliphatic rings. The molecule has 206 valence electrons. The van der Waals surface area contributed by atoms with Crippen LogP contribution in [0, 0.1) is 0 Å². The van der Waals surface area contributed by atoms with Gasteiger partial charge in [-0.15, -0.1) is 0 Å². The number of nitrogens with one attached hydrogen (secondary N) is 1. The first-order valence-electron chi connectivity index (χ1n) is 11.4. The van der Waals surface area contributed by atoms with Crippen LogP contribution in [0.3, 0.4) is 0 Å². The van der Waals surface area contributed by atoms with Crippen molar-refractivity contribution in [3.63, 3.8) is 0 Å². The molecule has 0 aliphatic carbocycles. The van der Waals surface area contributed by atoms with Crippen molar-refractivity contribution in [1.29, 1.82) is 0 Å². The van der Waals surface area contributed by atoms with Gasteiger partial charge in [0.05, 0.1) is 0 Å². The molecule has 12 heteroatoms. The third-order valence-corrected chi connectivity index (χ3v) is 6.15. The van der Waals surface area contributed by atoms with Crippen LogP contribution in [0.4, 0.5) is 26.3 Å². The molecule has 1 N–H and O–H groups in total. The van der Waals surface area contributed by atoms with Crippen molar-refractivity contribution in [1.82, 2.24) is 9.62 Å². The summed E-state index contributed by atoms with van der Waals surface area (Å²) in [7, 11) is -6.30. The first kappa shape index (κ1) is 30.7. The first-order valence-corrected chi connectivity index (χ1v) is 12.9. The van der Waals surface area contributed by atoms with Crippen LogP contribution in [0.25, 0.3) is 21.5 Å². The smallest absolute Gasteiger partial charge is 0.374 e. The van der Waals surface area contributed by atoms with Crippen molar-refractivity contribution >= 4 is 37.5 Å². The molecule has 0 spiro atoms. The van der Waals surface area contributed by atoms with Gasteiger partial charge in [-0.05, 0) is 52.4 Å².